The van der Waals surface area contributed by atoms with Crippen LogP contribution in [0.2, 0.25) is 0 Å². The Bertz CT molecular complexity index is 589. The standard InChI is InChI=1S/C12H17BrN4O3/c1-2-4-17-10(18)9(13)8(6-15-17)16-5-3-12(14,7-16)11(19)20/h6H,2-5,7,14H2,1H3,(H,19,20). The van der Waals surface area contributed by atoms with Crippen molar-refractivity contribution in [2.75, 3.05) is 18.0 Å². The van der Waals surface area contributed by atoms with Crippen LogP contribution in [-0.2, 0) is 11.3 Å². The van der Waals surface area contributed by atoms with E-state index in [1.165, 1.54) is 4.68 Å². The Balaban J connectivity index is 2.30. The zero-order valence-electron chi connectivity index (χ0n) is 11.2. The molecule has 0 spiro atoms. The number of halogens is 1. The number of rotatable bonds is 4. The molecule has 0 saturated carbocycles. The molecule has 0 amide bonds. The molecule has 20 heavy (non-hydrogen) atoms. The lowest BCUT2D eigenvalue weighted by Crippen LogP contribution is -2.50. The molecule has 1 fully saturated rings. The molecule has 1 saturated heterocycles. The molecule has 1 unspecified atom stereocenters. The minimum Gasteiger partial charge on any atom is -0.480 e. The third kappa shape index (κ3) is 2.57. The van der Waals surface area contributed by atoms with E-state index in [1.54, 1.807) is 11.1 Å². The fourth-order valence-corrected chi connectivity index (χ4v) is 2.82. The van der Waals surface area contributed by atoms with E-state index in [1.807, 2.05) is 6.92 Å². The van der Waals surface area contributed by atoms with Crippen LogP contribution in [0.4, 0.5) is 5.69 Å². The predicted octanol–water partition coefficient (Wildman–Crippen LogP) is 0.408. The van der Waals surface area contributed by atoms with Gasteiger partial charge in [0.2, 0.25) is 0 Å². The van der Waals surface area contributed by atoms with E-state index in [-0.39, 0.29) is 12.1 Å². The summed E-state index contributed by atoms with van der Waals surface area (Å²) in [5.41, 5.74) is 4.95. The number of nitrogens with two attached hydrogens (primary N) is 1. The van der Waals surface area contributed by atoms with Gasteiger partial charge in [-0.1, -0.05) is 6.92 Å². The normalized spacial score (nSPS) is 22.2. The van der Waals surface area contributed by atoms with Gasteiger partial charge in [-0.2, -0.15) is 5.10 Å². The number of nitrogens with zero attached hydrogens (tertiary/aromatic N) is 3. The lowest BCUT2D eigenvalue weighted by molar-refractivity contribution is -0.142. The van der Waals surface area contributed by atoms with Gasteiger partial charge in [0, 0.05) is 19.6 Å². The van der Waals surface area contributed by atoms with Gasteiger partial charge in [-0.3, -0.25) is 9.59 Å². The van der Waals surface area contributed by atoms with Crippen LogP contribution in [0.25, 0.3) is 0 Å². The molecule has 0 aromatic carbocycles. The van der Waals surface area contributed by atoms with Crippen molar-refractivity contribution in [2.45, 2.75) is 31.8 Å². The Morgan fingerprint density at radius 1 is 1.65 bits per heavy atom. The van der Waals surface area contributed by atoms with Crippen LogP contribution in [0.15, 0.2) is 15.5 Å². The van der Waals surface area contributed by atoms with Crippen molar-refractivity contribution < 1.29 is 9.90 Å². The number of carboxylic acids is 1. The Morgan fingerprint density at radius 3 is 2.90 bits per heavy atom. The van der Waals surface area contributed by atoms with E-state index in [2.05, 4.69) is 21.0 Å². The fourth-order valence-electron chi connectivity index (χ4n) is 2.26. The second-order valence-electron chi connectivity index (χ2n) is 5.00. The number of carboxylic acid groups (broad SMARTS) is 1. The summed E-state index contributed by atoms with van der Waals surface area (Å²) in [6, 6.07) is 0. The second kappa shape index (κ2) is 5.53. The monoisotopic (exact) mass is 344 g/mol. The topological polar surface area (TPSA) is 101 Å². The van der Waals surface area contributed by atoms with Crippen LogP contribution >= 0.6 is 15.9 Å². The highest BCUT2D eigenvalue weighted by atomic mass is 79.9. The molecule has 2 heterocycles. The maximum Gasteiger partial charge on any atom is 0.325 e. The van der Waals surface area contributed by atoms with Crippen molar-refractivity contribution in [1.82, 2.24) is 9.78 Å². The maximum absolute atomic E-state index is 12.1. The molecule has 0 bridgehead atoms. The molecule has 1 aliphatic heterocycles. The quantitative estimate of drug-likeness (QED) is 0.820. The SMILES string of the molecule is CCCn1ncc(N2CCC(N)(C(=O)O)C2)c(Br)c1=O. The molecule has 1 atom stereocenters. The third-order valence-corrected chi connectivity index (χ3v) is 4.21. The van der Waals surface area contributed by atoms with Crippen LogP contribution in [0.3, 0.4) is 0 Å². The second-order valence-corrected chi connectivity index (χ2v) is 5.80. The minimum absolute atomic E-state index is 0.167. The first kappa shape index (κ1) is 15.0. The van der Waals surface area contributed by atoms with Crippen molar-refractivity contribution in [1.29, 1.82) is 0 Å². The zero-order chi connectivity index (χ0) is 14.9. The summed E-state index contributed by atoms with van der Waals surface area (Å²) in [6.07, 6.45) is 2.73. The van der Waals surface area contributed by atoms with E-state index in [0.29, 0.717) is 29.7 Å². The maximum atomic E-state index is 12.1. The molecule has 0 aliphatic carbocycles. The lowest BCUT2D eigenvalue weighted by atomic mass is 10.0. The number of anilines is 1. The highest BCUT2D eigenvalue weighted by molar-refractivity contribution is 9.10. The van der Waals surface area contributed by atoms with Gasteiger partial charge in [-0.25, -0.2) is 4.68 Å². The van der Waals surface area contributed by atoms with Crippen LogP contribution in [0, 0.1) is 0 Å². The first-order valence-electron chi connectivity index (χ1n) is 6.42. The van der Waals surface area contributed by atoms with Gasteiger partial charge in [0.25, 0.3) is 5.56 Å². The van der Waals surface area contributed by atoms with E-state index in [0.717, 1.165) is 6.42 Å². The Kier molecular flexibility index (Phi) is 4.14. The van der Waals surface area contributed by atoms with Crippen LogP contribution < -0.4 is 16.2 Å². The highest BCUT2D eigenvalue weighted by Crippen LogP contribution is 2.28. The minimum atomic E-state index is -1.27. The Hall–Kier alpha value is -1.41. The molecule has 2 rings (SSSR count). The van der Waals surface area contributed by atoms with Crippen LogP contribution in [0.5, 0.6) is 0 Å². The first-order valence-corrected chi connectivity index (χ1v) is 7.21. The largest absolute Gasteiger partial charge is 0.480 e. The van der Waals surface area contributed by atoms with E-state index in [9.17, 15) is 9.59 Å². The Labute approximate surface area is 124 Å². The van der Waals surface area contributed by atoms with Crippen LogP contribution in [0.1, 0.15) is 19.8 Å². The molecule has 1 aromatic heterocycles. The first-order chi connectivity index (χ1) is 9.39. The summed E-state index contributed by atoms with van der Waals surface area (Å²) in [5.74, 6) is -1.02. The average Bonchev–Trinajstić information content (AvgIpc) is 2.79. The van der Waals surface area contributed by atoms with E-state index in [4.69, 9.17) is 10.8 Å². The zero-order valence-corrected chi connectivity index (χ0v) is 12.8. The molecule has 3 N–H and O–H groups in total. The summed E-state index contributed by atoms with van der Waals surface area (Å²) in [4.78, 5) is 25.0. The smallest absolute Gasteiger partial charge is 0.325 e. The number of aliphatic carboxylic acids is 1. The summed E-state index contributed by atoms with van der Waals surface area (Å²) in [6.45, 7) is 3.17. The van der Waals surface area contributed by atoms with Gasteiger partial charge in [0.15, 0.2) is 0 Å². The Morgan fingerprint density at radius 2 is 2.35 bits per heavy atom. The number of aromatic nitrogens is 2. The molecule has 8 heteroatoms. The van der Waals surface area contributed by atoms with Gasteiger partial charge in [-0.15, -0.1) is 0 Å². The van der Waals surface area contributed by atoms with E-state index >= 15 is 0 Å². The molecular formula is C12H17BrN4O3. The molecule has 1 aliphatic rings. The fraction of sp³-hybridized carbons (Fsp3) is 0.583. The van der Waals surface area contributed by atoms with Gasteiger partial charge in [0.1, 0.15) is 10.0 Å². The molecular weight excluding hydrogens is 328 g/mol. The number of carbonyl (C=O) groups is 1. The highest BCUT2D eigenvalue weighted by Gasteiger charge is 2.42. The predicted molar refractivity (Wildman–Crippen MR) is 77.9 cm³/mol. The average molecular weight is 345 g/mol. The lowest BCUT2D eigenvalue weighted by Gasteiger charge is -2.22. The summed E-state index contributed by atoms with van der Waals surface area (Å²) < 4.78 is 1.78. The van der Waals surface area contributed by atoms with Crippen LogP contribution in [-0.4, -0.2) is 39.5 Å². The van der Waals surface area contributed by atoms with Crippen molar-refractivity contribution in [3.05, 3.63) is 21.0 Å². The van der Waals surface area contributed by atoms with Crippen molar-refractivity contribution >= 4 is 27.6 Å². The van der Waals surface area contributed by atoms with Gasteiger partial charge < -0.3 is 15.7 Å². The number of hydrogen-bond donors (Lipinski definition) is 2. The van der Waals surface area contributed by atoms with Crippen molar-refractivity contribution in [3.8, 4) is 0 Å². The number of aryl methyl sites for hydroxylation is 1. The molecule has 110 valence electrons. The van der Waals surface area contributed by atoms with Crippen molar-refractivity contribution in [2.24, 2.45) is 5.73 Å². The van der Waals surface area contributed by atoms with E-state index < -0.39 is 11.5 Å². The summed E-state index contributed by atoms with van der Waals surface area (Å²) in [5, 5.41) is 13.2. The summed E-state index contributed by atoms with van der Waals surface area (Å²) >= 11 is 3.28. The van der Waals surface area contributed by atoms with Gasteiger partial charge in [-0.05, 0) is 28.8 Å². The van der Waals surface area contributed by atoms with Gasteiger partial charge >= 0.3 is 5.97 Å². The third-order valence-electron chi connectivity index (χ3n) is 3.47. The number of hydrogen-bond acceptors (Lipinski definition) is 5. The summed E-state index contributed by atoms with van der Waals surface area (Å²) in [7, 11) is 0. The molecule has 1 aromatic rings. The molecule has 0 radical (unpaired) electrons. The molecule has 7 nitrogen and oxygen atoms in total. The van der Waals surface area contributed by atoms with Gasteiger partial charge in [0.05, 0.1) is 11.9 Å². The van der Waals surface area contributed by atoms with Crippen molar-refractivity contribution in [3.63, 3.8) is 0 Å².